The van der Waals surface area contributed by atoms with E-state index in [4.69, 9.17) is 0 Å². The first kappa shape index (κ1) is 14.3. The minimum atomic E-state index is -3.51. The van der Waals surface area contributed by atoms with Gasteiger partial charge in [-0.05, 0) is 37.3 Å². The lowest BCUT2D eigenvalue weighted by molar-refractivity contribution is 0.442. The molecule has 1 saturated carbocycles. The minimum Gasteiger partial charge on any atom is -0.383 e. The Morgan fingerprint density at radius 1 is 1.53 bits per heavy atom. The van der Waals surface area contributed by atoms with E-state index < -0.39 is 10.0 Å². The standard InChI is InChI=1S/C13H21N3O2S/c1-4-14-12-6-5-7-15-13(12)19(17,18)16(3)9-11-8-10(11)2/h5-7,10-11,14H,4,8-9H2,1-3H3. The molecule has 1 heterocycles. The van der Waals surface area contributed by atoms with Crippen molar-refractivity contribution in [2.45, 2.75) is 25.3 Å². The Hall–Kier alpha value is -1.14. The van der Waals surface area contributed by atoms with Crippen LogP contribution in [0, 0.1) is 11.8 Å². The number of hydrogen-bond acceptors (Lipinski definition) is 4. The second kappa shape index (κ2) is 5.46. The van der Waals surface area contributed by atoms with E-state index in [9.17, 15) is 8.42 Å². The molecular formula is C13H21N3O2S. The van der Waals surface area contributed by atoms with E-state index in [0.717, 1.165) is 6.42 Å². The molecule has 2 rings (SSSR count). The Morgan fingerprint density at radius 3 is 2.79 bits per heavy atom. The largest absolute Gasteiger partial charge is 0.383 e. The normalized spacial score (nSPS) is 22.5. The summed E-state index contributed by atoms with van der Waals surface area (Å²) in [6, 6.07) is 3.48. The fraction of sp³-hybridized carbons (Fsp3) is 0.615. The van der Waals surface area contributed by atoms with Gasteiger partial charge in [-0.2, -0.15) is 4.31 Å². The highest BCUT2D eigenvalue weighted by Gasteiger charge is 2.37. The number of pyridine rings is 1. The van der Waals surface area contributed by atoms with Gasteiger partial charge < -0.3 is 5.32 Å². The molecule has 1 N–H and O–H groups in total. The molecule has 2 atom stereocenters. The zero-order valence-corrected chi connectivity index (χ0v) is 12.4. The first-order valence-electron chi connectivity index (χ1n) is 6.62. The Balaban J connectivity index is 2.23. The van der Waals surface area contributed by atoms with Crippen LogP contribution in [0.1, 0.15) is 20.3 Å². The monoisotopic (exact) mass is 283 g/mol. The average molecular weight is 283 g/mol. The number of nitrogens with one attached hydrogen (secondary N) is 1. The number of nitrogens with zero attached hydrogens (tertiary/aromatic N) is 2. The fourth-order valence-electron chi connectivity index (χ4n) is 2.15. The Morgan fingerprint density at radius 2 is 2.21 bits per heavy atom. The lowest BCUT2D eigenvalue weighted by Gasteiger charge is -2.18. The van der Waals surface area contributed by atoms with Gasteiger partial charge in [0.25, 0.3) is 10.0 Å². The highest BCUT2D eigenvalue weighted by Crippen LogP contribution is 2.38. The van der Waals surface area contributed by atoms with Crippen LogP contribution in [0.5, 0.6) is 0 Å². The number of aromatic nitrogens is 1. The van der Waals surface area contributed by atoms with Crippen LogP contribution in [-0.2, 0) is 10.0 Å². The van der Waals surface area contributed by atoms with Crippen molar-refractivity contribution in [3.8, 4) is 0 Å². The first-order chi connectivity index (χ1) is 8.96. The second-order valence-electron chi connectivity index (χ2n) is 5.15. The average Bonchev–Trinajstić information content (AvgIpc) is 3.05. The van der Waals surface area contributed by atoms with E-state index in [-0.39, 0.29) is 5.03 Å². The van der Waals surface area contributed by atoms with Crippen LogP contribution < -0.4 is 5.32 Å². The summed E-state index contributed by atoms with van der Waals surface area (Å²) >= 11 is 0. The van der Waals surface area contributed by atoms with Gasteiger partial charge in [-0.25, -0.2) is 13.4 Å². The molecule has 1 fully saturated rings. The van der Waals surface area contributed by atoms with Gasteiger partial charge in [-0.3, -0.25) is 0 Å². The van der Waals surface area contributed by atoms with Crippen molar-refractivity contribution in [1.82, 2.24) is 9.29 Å². The summed E-state index contributed by atoms with van der Waals surface area (Å²) in [7, 11) is -1.88. The van der Waals surface area contributed by atoms with Gasteiger partial charge in [-0.1, -0.05) is 6.92 Å². The molecule has 2 unspecified atom stereocenters. The van der Waals surface area contributed by atoms with Crippen molar-refractivity contribution in [2.75, 3.05) is 25.5 Å². The summed E-state index contributed by atoms with van der Waals surface area (Å²) in [5.41, 5.74) is 0.570. The molecule has 19 heavy (non-hydrogen) atoms. The van der Waals surface area contributed by atoms with Gasteiger partial charge >= 0.3 is 0 Å². The predicted octanol–water partition coefficient (Wildman–Crippen LogP) is 1.79. The predicted molar refractivity (Wildman–Crippen MR) is 75.5 cm³/mol. The van der Waals surface area contributed by atoms with E-state index in [1.165, 1.54) is 10.5 Å². The van der Waals surface area contributed by atoms with Crippen molar-refractivity contribution in [2.24, 2.45) is 11.8 Å². The first-order valence-corrected chi connectivity index (χ1v) is 8.06. The zero-order valence-electron chi connectivity index (χ0n) is 11.6. The van der Waals surface area contributed by atoms with Crippen LogP contribution in [0.25, 0.3) is 0 Å². The molecule has 1 aromatic rings. The van der Waals surface area contributed by atoms with Crippen LogP contribution in [0.2, 0.25) is 0 Å². The molecule has 0 radical (unpaired) electrons. The van der Waals surface area contributed by atoms with Crippen LogP contribution in [0.15, 0.2) is 23.4 Å². The molecule has 0 saturated heterocycles. The molecule has 1 aromatic heterocycles. The summed E-state index contributed by atoms with van der Waals surface area (Å²) < 4.78 is 26.5. The van der Waals surface area contributed by atoms with Crippen molar-refractivity contribution in [1.29, 1.82) is 0 Å². The zero-order chi connectivity index (χ0) is 14.0. The molecule has 0 amide bonds. The SMILES string of the molecule is CCNc1cccnc1S(=O)(=O)N(C)CC1CC1C. The van der Waals surface area contributed by atoms with Crippen LogP contribution in [0.4, 0.5) is 5.69 Å². The third kappa shape index (κ3) is 3.06. The van der Waals surface area contributed by atoms with Crippen molar-refractivity contribution >= 4 is 15.7 Å². The van der Waals surface area contributed by atoms with Crippen LogP contribution in [-0.4, -0.2) is 37.8 Å². The molecule has 1 aliphatic carbocycles. The molecule has 0 aromatic carbocycles. The maximum Gasteiger partial charge on any atom is 0.262 e. The lowest BCUT2D eigenvalue weighted by atomic mass is 10.3. The fourth-order valence-corrected chi connectivity index (χ4v) is 3.45. The quantitative estimate of drug-likeness (QED) is 0.864. The highest BCUT2D eigenvalue weighted by atomic mass is 32.2. The molecular weight excluding hydrogens is 262 g/mol. The summed E-state index contributed by atoms with van der Waals surface area (Å²) in [6.07, 6.45) is 2.63. The molecule has 0 aliphatic heterocycles. The Labute approximate surface area is 115 Å². The van der Waals surface area contributed by atoms with Crippen LogP contribution >= 0.6 is 0 Å². The van der Waals surface area contributed by atoms with Crippen LogP contribution in [0.3, 0.4) is 0 Å². The lowest BCUT2D eigenvalue weighted by Crippen LogP contribution is -2.30. The molecule has 6 heteroatoms. The van der Waals surface area contributed by atoms with E-state index in [0.29, 0.717) is 30.6 Å². The van der Waals surface area contributed by atoms with Gasteiger partial charge in [0.15, 0.2) is 5.03 Å². The molecule has 1 aliphatic rings. The number of sulfonamides is 1. The maximum absolute atomic E-state index is 12.5. The van der Waals surface area contributed by atoms with E-state index in [1.807, 2.05) is 6.92 Å². The van der Waals surface area contributed by atoms with Gasteiger partial charge in [0.05, 0.1) is 5.69 Å². The van der Waals surface area contributed by atoms with E-state index in [2.05, 4.69) is 17.2 Å². The van der Waals surface area contributed by atoms with Crippen molar-refractivity contribution < 1.29 is 8.42 Å². The number of rotatable bonds is 6. The van der Waals surface area contributed by atoms with Gasteiger partial charge in [-0.15, -0.1) is 0 Å². The summed E-state index contributed by atoms with van der Waals surface area (Å²) in [4.78, 5) is 4.04. The molecule has 0 bridgehead atoms. The second-order valence-corrected chi connectivity index (χ2v) is 7.11. The topological polar surface area (TPSA) is 62.3 Å². The van der Waals surface area contributed by atoms with Gasteiger partial charge in [0, 0.05) is 26.3 Å². The number of hydrogen-bond donors (Lipinski definition) is 1. The van der Waals surface area contributed by atoms with E-state index >= 15 is 0 Å². The third-order valence-corrected chi connectivity index (χ3v) is 5.34. The third-order valence-electron chi connectivity index (χ3n) is 3.56. The van der Waals surface area contributed by atoms with Gasteiger partial charge in [0.2, 0.25) is 0 Å². The van der Waals surface area contributed by atoms with Gasteiger partial charge in [0.1, 0.15) is 0 Å². The summed E-state index contributed by atoms with van der Waals surface area (Å²) in [6.45, 7) is 5.32. The smallest absolute Gasteiger partial charge is 0.262 e. The van der Waals surface area contributed by atoms with Crippen molar-refractivity contribution in [3.05, 3.63) is 18.3 Å². The highest BCUT2D eigenvalue weighted by molar-refractivity contribution is 7.89. The minimum absolute atomic E-state index is 0.118. The molecule has 106 valence electrons. The van der Waals surface area contributed by atoms with Crippen molar-refractivity contribution in [3.63, 3.8) is 0 Å². The molecule has 5 nitrogen and oxygen atoms in total. The Bertz CT molecular complexity index is 545. The summed E-state index contributed by atoms with van der Waals surface area (Å²) in [5.74, 6) is 1.13. The Kier molecular flexibility index (Phi) is 4.10. The maximum atomic E-state index is 12.5. The number of anilines is 1. The molecule has 0 spiro atoms. The summed E-state index contributed by atoms with van der Waals surface area (Å²) in [5, 5.41) is 3.16. The van der Waals surface area contributed by atoms with E-state index in [1.54, 1.807) is 19.2 Å².